The van der Waals surface area contributed by atoms with Crippen molar-refractivity contribution in [2.75, 3.05) is 0 Å². The molecule has 0 heterocycles. The molecule has 1 rings (SSSR count). The summed E-state index contributed by atoms with van der Waals surface area (Å²) in [7, 11) is 0. The van der Waals surface area contributed by atoms with Gasteiger partial charge in [0, 0.05) is 0 Å². The van der Waals surface area contributed by atoms with Crippen molar-refractivity contribution in [3.63, 3.8) is 0 Å². The van der Waals surface area contributed by atoms with Crippen LogP contribution in [0.1, 0.15) is 0 Å². The molecule has 0 aromatic carbocycles. The molecule has 0 radical (unpaired) electrons. The first-order valence-corrected chi connectivity index (χ1v) is 2.95. The molecule has 1 aliphatic carbocycles. The fourth-order valence-corrected chi connectivity index (χ4v) is 0.669. The maximum absolute atomic E-state index is 12.4. The number of nitriles is 1. The van der Waals surface area contributed by atoms with Crippen molar-refractivity contribution in [3.05, 3.63) is 36.2 Å². The molecule has 2 heteroatoms. The van der Waals surface area contributed by atoms with Gasteiger partial charge in [-0.1, -0.05) is 18.2 Å². The van der Waals surface area contributed by atoms with Gasteiger partial charge in [0.05, 0.1) is 12.0 Å². The molecule has 0 saturated carbocycles. The van der Waals surface area contributed by atoms with E-state index in [1.807, 2.05) is 6.07 Å². The van der Waals surface area contributed by atoms with Crippen LogP contribution in [0.3, 0.4) is 0 Å². The highest BCUT2D eigenvalue weighted by molar-refractivity contribution is 5.27. The third kappa shape index (κ3) is 1.56. The fraction of sp³-hybridized carbons (Fsp3) is 0.125. The molecule has 0 aliphatic heterocycles. The Labute approximate surface area is 58.8 Å². The molecule has 10 heavy (non-hydrogen) atoms. The summed E-state index contributed by atoms with van der Waals surface area (Å²) in [6.45, 7) is 0. The van der Waals surface area contributed by atoms with Crippen molar-refractivity contribution in [2.45, 2.75) is 0 Å². The van der Waals surface area contributed by atoms with E-state index in [2.05, 4.69) is 0 Å². The molecule has 50 valence electrons. The SMILES string of the molecule is N#CC1C=CC=C(F)C=C1. The number of hydrogen-bond acceptors (Lipinski definition) is 1. The first-order chi connectivity index (χ1) is 4.83. The zero-order valence-corrected chi connectivity index (χ0v) is 5.29. The molecule has 0 aromatic rings. The van der Waals surface area contributed by atoms with Crippen molar-refractivity contribution >= 4 is 0 Å². The maximum atomic E-state index is 12.4. The fourth-order valence-electron chi connectivity index (χ4n) is 0.669. The molecule has 1 nitrogen and oxygen atoms in total. The summed E-state index contributed by atoms with van der Waals surface area (Å²) in [6, 6.07) is 1.99. The quantitative estimate of drug-likeness (QED) is 0.499. The summed E-state index contributed by atoms with van der Waals surface area (Å²) in [5.74, 6) is -0.599. The van der Waals surface area contributed by atoms with Crippen molar-refractivity contribution in [1.82, 2.24) is 0 Å². The second-order valence-electron chi connectivity index (χ2n) is 1.95. The molecule has 0 spiro atoms. The lowest BCUT2D eigenvalue weighted by molar-refractivity contribution is 0.667. The lowest BCUT2D eigenvalue weighted by Crippen LogP contribution is -1.82. The van der Waals surface area contributed by atoms with E-state index in [4.69, 9.17) is 5.26 Å². The van der Waals surface area contributed by atoms with E-state index < -0.39 is 0 Å². The van der Waals surface area contributed by atoms with Gasteiger partial charge in [0.1, 0.15) is 5.83 Å². The average Bonchev–Trinajstić information content (AvgIpc) is 2.14. The summed E-state index contributed by atoms with van der Waals surface area (Å²) >= 11 is 0. The van der Waals surface area contributed by atoms with E-state index in [0.717, 1.165) is 0 Å². The van der Waals surface area contributed by atoms with Crippen LogP contribution < -0.4 is 0 Å². The van der Waals surface area contributed by atoms with E-state index in [-0.39, 0.29) is 11.7 Å². The zero-order valence-electron chi connectivity index (χ0n) is 5.29. The van der Waals surface area contributed by atoms with Crippen LogP contribution in [0.15, 0.2) is 36.2 Å². The molecule has 0 N–H and O–H groups in total. The standard InChI is InChI=1S/C8H6FN/c9-8-3-1-2-7(6-10)4-5-8/h1-5,7H. The van der Waals surface area contributed by atoms with Gasteiger partial charge in [0.15, 0.2) is 0 Å². The Morgan fingerprint density at radius 2 is 2.30 bits per heavy atom. The average molecular weight is 135 g/mol. The summed E-state index contributed by atoms with van der Waals surface area (Å²) in [4.78, 5) is 0. The zero-order chi connectivity index (χ0) is 7.40. The molecule has 0 amide bonds. The van der Waals surface area contributed by atoms with E-state index in [9.17, 15) is 4.39 Å². The summed E-state index contributed by atoms with van der Waals surface area (Å²) in [6.07, 6.45) is 7.34. The van der Waals surface area contributed by atoms with Gasteiger partial charge in [-0.15, -0.1) is 0 Å². The molecule has 1 aliphatic rings. The van der Waals surface area contributed by atoms with E-state index in [1.165, 1.54) is 18.2 Å². The van der Waals surface area contributed by atoms with Crippen molar-refractivity contribution in [1.29, 1.82) is 5.26 Å². The van der Waals surface area contributed by atoms with Crippen LogP contribution in [-0.2, 0) is 0 Å². The molecule has 0 fully saturated rings. The van der Waals surface area contributed by atoms with Gasteiger partial charge >= 0.3 is 0 Å². The second-order valence-corrected chi connectivity index (χ2v) is 1.95. The van der Waals surface area contributed by atoms with Gasteiger partial charge < -0.3 is 0 Å². The van der Waals surface area contributed by atoms with Crippen LogP contribution in [-0.4, -0.2) is 0 Å². The number of allylic oxidation sites excluding steroid dienone is 6. The Balaban J connectivity index is 2.80. The Morgan fingerprint density at radius 3 is 3.00 bits per heavy atom. The largest absolute Gasteiger partial charge is 0.207 e. The van der Waals surface area contributed by atoms with Crippen LogP contribution in [0.25, 0.3) is 0 Å². The van der Waals surface area contributed by atoms with Gasteiger partial charge in [-0.2, -0.15) is 5.26 Å². The van der Waals surface area contributed by atoms with Gasteiger partial charge in [0.25, 0.3) is 0 Å². The number of nitrogens with zero attached hydrogens (tertiary/aromatic N) is 1. The van der Waals surface area contributed by atoms with Crippen LogP contribution in [0.2, 0.25) is 0 Å². The number of halogens is 1. The van der Waals surface area contributed by atoms with Crippen molar-refractivity contribution in [2.24, 2.45) is 5.92 Å². The molecule has 0 saturated heterocycles. The third-order valence-electron chi connectivity index (χ3n) is 1.19. The second kappa shape index (κ2) is 2.98. The molecule has 1 unspecified atom stereocenters. The van der Waals surface area contributed by atoms with Crippen LogP contribution in [0.4, 0.5) is 4.39 Å². The van der Waals surface area contributed by atoms with Gasteiger partial charge in [-0.3, -0.25) is 0 Å². The Morgan fingerprint density at radius 1 is 1.50 bits per heavy atom. The predicted molar refractivity (Wildman–Crippen MR) is 36.6 cm³/mol. The highest BCUT2D eigenvalue weighted by Gasteiger charge is 1.98. The molecule has 1 atom stereocenters. The lowest BCUT2D eigenvalue weighted by Gasteiger charge is -1.87. The van der Waals surface area contributed by atoms with Gasteiger partial charge in [0.2, 0.25) is 0 Å². The maximum Gasteiger partial charge on any atom is 0.122 e. The van der Waals surface area contributed by atoms with Gasteiger partial charge in [-0.25, -0.2) is 4.39 Å². The Bertz CT molecular complexity index is 242. The van der Waals surface area contributed by atoms with Crippen LogP contribution in [0, 0.1) is 17.2 Å². The van der Waals surface area contributed by atoms with E-state index in [0.29, 0.717) is 0 Å². The van der Waals surface area contributed by atoms with Crippen molar-refractivity contribution in [3.8, 4) is 6.07 Å². The Kier molecular flexibility index (Phi) is 2.01. The third-order valence-corrected chi connectivity index (χ3v) is 1.19. The highest BCUT2D eigenvalue weighted by atomic mass is 19.1. The van der Waals surface area contributed by atoms with Gasteiger partial charge in [-0.05, 0) is 12.2 Å². The van der Waals surface area contributed by atoms with Crippen LogP contribution >= 0.6 is 0 Å². The minimum absolute atomic E-state index is 0.288. The normalized spacial score (nSPS) is 23.2. The van der Waals surface area contributed by atoms with E-state index >= 15 is 0 Å². The molecule has 0 bridgehead atoms. The molecular formula is C8H6FN. The monoisotopic (exact) mass is 135 g/mol. The summed E-state index contributed by atoms with van der Waals surface area (Å²) in [5, 5.41) is 8.40. The van der Waals surface area contributed by atoms with Crippen LogP contribution in [0.5, 0.6) is 0 Å². The smallest absolute Gasteiger partial charge is 0.122 e. The molecule has 0 aromatic heterocycles. The van der Waals surface area contributed by atoms with E-state index in [1.54, 1.807) is 12.2 Å². The minimum Gasteiger partial charge on any atom is -0.207 e. The Hall–Kier alpha value is -1.36. The molecular weight excluding hydrogens is 129 g/mol. The number of rotatable bonds is 0. The predicted octanol–water partition coefficient (Wildman–Crippen LogP) is 2.11. The highest BCUT2D eigenvalue weighted by Crippen LogP contribution is 2.09. The summed E-state index contributed by atoms with van der Waals surface area (Å²) in [5.41, 5.74) is 0. The first kappa shape index (κ1) is 6.76. The first-order valence-electron chi connectivity index (χ1n) is 2.95. The lowest BCUT2D eigenvalue weighted by atomic mass is 10.1. The minimum atomic E-state index is -0.311. The van der Waals surface area contributed by atoms with Crippen molar-refractivity contribution < 1.29 is 4.39 Å². The summed E-state index contributed by atoms with van der Waals surface area (Å²) < 4.78 is 12.4. The number of hydrogen-bond donors (Lipinski definition) is 0. The topological polar surface area (TPSA) is 23.8 Å².